The number of ether oxygens (including phenoxy) is 1. The SMILES string of the molecule is C[C@@H]1C(=O)N(CC(=O)NC(CC(=O)O)C(=O)COc2c(F)c(F)cc(F)c2F)CCN1Cc1ccccc1. The number of benzene rings is 2. The highest BCUT2D eigenvalue weighted by Crippen LogP contribution is 2.26. The first-order valence-electron chi connectivity index (χ1n) is 11.5. The number of aliphatic carboxylic acids is 1. The molecule has 0 saturated carbocycles. The van der Waals surface area contributed by atoms with Gasteiger partial charge in [0.2, 0.25) is 23.4 Å². The van der Waals surface area contributed by atoms with E-state index < -0.39 is 78.3 Å². The van der Waals surface area contributed by atoms with Gasteiger partial charge in [-0.2, -0.15) is 8.78 Å². The largest absolute Gasteiger partial charge is 0.481 e. The van der Waals surface area contributed by atoms with Gasteiger partial charge in [0.1, 0.15) is 12.6 Å². The Kier molecular flexibility index (Phi) is 9.40. The van der Waals surface area contributed by atoms with Gasteiger partial charge in [0.15, 0.2) is 23.2 Å². The lowest BCUT2D eigenvalue weighted by Crippen LogP contribution is -2.58. The Morgan fingerprint density at radius 3 is 2.32 bits per heavy atom. The van der Waals surface area contributed by atoms with Gasteiger partial charge in [-0.15, -0.1) is 0 Å². The minimum Gasteiger partial charge on any atom is -0.481 e. The number of carbonyl (C=O) groups excluding carboxylic acids is 3. The highest BCUT2D eigenvalue weighted by atomic mass is 19.2. The zero-order valence-electron chi connectivity index (χ0n) is 20.3. The summed E-state index contributed by atoms with van der Waals surface area (Å²) in [5, 5.41) is 11.3. The third kappa shape index (κ3) is 7.06. The Morgan fingerprint density at radius 2 is 1.71 bits per heavy atom. The molecule has 2 aromatic carbocycles. The summed E-state index contributed by atoms with van der Waals surface area (Å²) in [7, 11) is 0. The van der Waals surface area contributed by atoms with Crippen molar-refractivity contribution in [2.45, 2.75) is 32.0 Å². The highest BCUT2D eigenvalue weighted by molar-refractivity contribution is 5.94. The monoisotopic (exact) mass is 539 g/mol. The molecule has 1 unspecified atom stereocenters. The molecule has 0 aliphatic carbocycles. The molecule has 0 spiro atoms. The second kappa shape index (κ2) is 12.5. The number of ketones is 1. The van der Waals surface area contributed by atoms with E-state index in [0.717, 1.165) is 5.56 Å². The minimum absolute atomic E-state index is 0.0452. The fourth-order valence-corrected chi connectivity index (χ4v) is 3.92. The lowest BCUT2D eigenvalue weighted by atomic mass is 10.1. The zero-order chi connectivity index (χ0) is 28.0. The summed E-state index contributed by atoms with van der Waals surface area (Å²) in [4.78, 5) is 52.3. The third-order valence-corrected chi connectivity index (χ3v) is 5.97. The number of halogens is 4. The molecule has 1 aliphatic heterocycles. The van der Waals surface area contributed by atoms with Crippen molar-refractivity contribution in [2.24, 2.45) is 0 Å². The Balaban J connectivity index is 1.59. The fraction of sp³-hybridized carbons (Fsp3) is 0.360. The van der Waals surface area contributed by atoms with Crippen LogP contribution in [0.25, 0.3) is 0 Å². The molecule has 0 radical (unpaired) electrons. The molecule has 2 N–H and O–H groups in total. The third-order valence-electron chi connectivity index (χ3n) is 5.97. The first kappa shape index (κ1) is 28.6. The summed E-state index contributed by atoms with van der Waals surface area (Å²) in [6, 6.07) is 7.20. The van der Waals surface area contributed by atoms with Crippen LogP contribution in [0.1, 0.15) is 18.9 Å². The molecule has 1 fully saturated rings. The van der Waals surface area contributed by atoms with Crippen LogP contribution in [0.4, 0.5) is 17.6 Å². The van der Waals surface area contributed by atoms with E-state index in [1.54, 1.807) is 6.92 Å². The summed E-state index contributed by atoms with van der Waals surface area (Å²) < 4.78 is 58.8. The molecule has 1 heterocycles. The topological polar surface area (TPSA) is 116 Å². The van der Waals surface area contributed by atoms with Crippen LogP contribution in [0.5, 0.6) is 5.75 Å². The normalized spacial score (nSPS) is 16.7. The lowest BCUT2D eigenvalue weighted by molar-refractivity contribution is -0.145. The van der Waals surface area contributed by atoms with Crippen LogP contribution < -0.4 is 10.1 Å². The first-order chi connectivity index (χ1) is 18.0. The zero-order valence-corrected chi connectivity index (χ0v) is 20.3. The number of rotatable bonds is 11. The minimum atomic E-state index is -1.88. The van der Waals surface area contributed by atoms with E-state index in [4.69, 9.17) is 5.11 Å². The van der Waals surface area contributed by atoms with Crippen molar-refractivity contribution in [1.29, 1.82) is 0 Å². The van der Waals surface area contributed by atoms with E-state index >= 15 is 0 Å². The molecular weight excluding hydrogens is 514 g/mol. The predicted molar refractivity (Wildman–Crippen MR) is 124 cm³/mol. The number of hydrogen-bond acceptors (Lipinski definition) is 6. The molecule has 2 aromatic rings. The molecule has 1 saturated heterocycles. The average Bonchev–Trinajstić information content (AvgIpc) is 2.87. The summed E-state index contributed by atoms with van der Waals surface area (Å²) in [6.07, 6.45) is -0.911. The smallest absolute Gasteiger partial charge is 0.305 e. The Labute approximate surface area is 215 Å². The second-order valence-electron chi connectivity index (χ2n) is 8.66. The molecule has 2 atom stereocenters. The summed E-state index contributed by atoms with van der Waals surface area (Å²) in [6.45, 7) is 1.22. The van der Waals surface area contributed by atoms with Crippen LogP contribution >= 0.6 is 0 Å². The highest BCUT2D eigenvalue weighted by Gasteiger charge is 2.33. The first-order valence-corrected chi connectivity index (χ1v) is 11.5. The number of carboxylic acids is 1. The van der Waals surface area contributed by atoms with Gasteiger partial charge in [0.25, 0.3) is 0 Å². The molecule has 13 heteroatoms. The van der Waals surface area contributed by atoms with Gasteiger partial charge in [-0.05, 0) is 12.5 Å². The van der Waals surface area contributed by atoms with Gasteiger partial charge < -0.3 is 20.1 Å². The Morgan fingerprint density at radius 1 is 1.08 bits per heavy atom. The van der Waals surface area contributed by atoms with Crippen LogP contribution in [0.2, 0.25) is 0 Å². The molecule has 3 rings (SSSR count). The number of carbonyl (C=O) groups is 4. The molecule has 0 bridgehead atoms. The van der Waals surface area contributed by atoms with Gasteiger partial charge in [0, 0.05) is 25.7 Å². The van der Waals surface area contributed by atoms with Crippen molar-refractivity contribution in [3.63, 3.8) is 0 Å². The van der Waals surface area contributed by atoms with E-state index in [9.17, 15) is 36.7 Å². The maximum Gasteiger partial charge on any atom is 0.305 e. The summed E-state index contributed by atoms with van der Waals surface area (Å²) >= 11 is 0. The van der Waals surface area contributed by atoms with Crippen LogP contribution in [-0.2, 0) is 25.7 Å². The number of piperazine rings is 1. The van der Waals surface area contributed by atoms with Gasteiger partial charge >= 0.3 is 5.97 Å². The second-order valence-corrected chi connectivity index (χ2v) is 8.66. The van der Waals surface area contributed by atoms with Crippen LogP contribution in [0.3, 0.4) is 0 Å². The van der Waals surface area contributed by atoms with Gasteiger partial charge in [-0.1, -0.05) is 30.3 Å². The standard InChI is InChI=1S/C25H25F4N3O6/c1-14-25(37)32(8-7-31(14)11-15-5-3-2-4-6-15)12-20(34)30-18(10-21(35)36)19(33)13-38-24-22(28)16(26)9-17(27)23(24)29/h2-6,9,14,18H,7-8,10-13H2,1H3,(H,30,34)(H,35,36)/t14-,18?/m1/s1. The van der Waals surface area contributed by atoms with Crippen molar-refractivity contribution >= 4 is 23.6 Å². The van der Waals surface area contributed by atoms with E-state index in [2.05, 4.69) is 10.1 Å². The fourth-order valence-electron chi connectivity index (χ4n) is 3.92. The van der Waals surface area contributed by atoms with Gasteiger partial charge in [0.05, 0.1) is 19.0 Å². The molecule has 204 valence electrons. The lowest BCUT2D eigenvalue weighted by Gasteiger charge is -2.39. The van der Waals surface area contributed by atoms with Crippen molar-refractivity contribution < 1.29 is 46.6 Å². The maximum atomic E-state index is 13.8. The predicted octanol–water partition coefficient (Wildman–Crippen LogP) is 1.88. The van der Waals surface area contributed by atoms with E-state index in [1.165, 1.54) is 4.90 Å². The van der Waals surface area contributed by atoms with E-state index in [-0.39, 0.29) is 18.5 Å². The van der Waals surface area contributed by atoms with E-state index in [1.807, 2.05) is 35.2 Å². The number of amides is 2. The molecular formula is C25H25F4N3O6. The summed E-state index contributed by atoms with van der Waals surface area (Å²) in [5.41, 5.74) is 1.01. The molecule has 0 aromatic heterocycles. The van der Waals surface area contributed by atoms with Crippen LogP contribution in [0, 0.1) is 23.3 Å². The number of nitrogens with one attached hydrogen (secondary N) is 1. The van der Waals surface area contributed by atoms with Crippen molar-refractivity contribution in [1.82, 2.24) is 15.1 Å². The Bertz CT molecular complexity index is 1190. The quantitative estimate of drug-likeness (QED) is 0.331. The van der Waals surface area contributed by atoms with Crippen molar-refractivity contribution in [2.75, 3.05) is 26.2 Å². The maximum absolute atomic E-state index is 13.8. The van der Waals surface area contributed by atoms with Crippen LogP contribution in [-0.4, -0.2) is 76.8 Å². The number of carboxylic acid groups (broad SMARTS) is 1. The van der Waals surface area contributed by atoms with Crippen molar-refractivity contribution in [3.05, 3.63) is 65.2 Å². The molecule has 1 aliphatic rings. The van der Waals surface area contributed by atoms with Crippen molar-refractivity contribution in [3.8, 4) is 5.75 Å². The molecule has 9 nitrogen and oxygen atoms in total. The van der Waals surface area contributed by atoms with Crippen LogP contribution in [0.15, 0.2) is 36.4 Å². The van der Waals surface area contributed by atoms with Gasteiger partial charge in [-0.3, -0.25) is 24.1 Å². The Hall–Kier alpha value is -4.00. The number of Topliss-reactive ketones (excluding diaryl/α,β-unsaturated/α-hetero) is 1. The summed E-state index contributed by atoms with van der Waals surface area (Å²) in [5.74, 6) is -12.6. The number of nitrogens with zero attached hydrogens (tertiary/aromatic N) is 2. The molecule has 2 amide bonds. The molecule has 38 heavy (non-hydrogen) atoms. The average molecular weight is 539 g/mol. The van der Waals surface area contributed by atoms with Gasteiger partial charge in [-0.25, -0.2) is 8.78 Å². The number of hydrogen-bond donors (Lipinski definition) is 2. The van der Waals surface area contributed by atoms with E-state index in [0.29, 0.717) is 13.1 Å².